The first-order chi connectivity index (χ1) is 11.6. The number of thiocarbonyl (C=S) groups is 1. The molecule has 0 atom stereocenters. The molecular formula is C16H14N4O2S2. The SMILES string of the molecule is COc1ccc(Sc2cccc3[nH]c(O)c(N=NC(N)=S)c23)cc1. The summed E-state index contributed by atoms with van der Waals surface area (Å²) >= 11 is 6.25. The molecule has 0 spiro atoms. The van der Waals surface area contributed by atoms with E-state index in [1.54, 1.807) is 18.9 Å². The van der Waals surface area contributed by atoms with E-state index in [0.29, 0.717) is 5.69 Å². The van der Waals surface area contributed by atoms with Crippen LogP contribution < -0.4 is 10.5 Å². The maximum absolute atomic E-state index is 10.1. The van der Waals surface area contributed by atoms with Crippen LogP contribution in [0.1, 0.15) is 0 Å². The molecule has 0 amide bonds. The van der Waals surface area contributed by atoms with Gasteiger partial charge in [0.15, 0.2) is 5.69 Å². The highest BCUT2D eigenvalue weighted by Gasteiger charge is 2.15. The normalized spacial score (nSPS) is 11.2. The largest absolute Gasteiger partial charge is 0.497 e. The van der Waals surface area contributed by atoms with Crippen LogP contribution in [0.3, 0.4) is 0 Å². The molecule has 24 heavy (non-hydrogen) atoms. The van der Waals surface area contributed by atoms with E-state index in [1.165, 1.54) is 0 Å². The Bertz CT molecular complexity index is 920. The molecule has 0 bridgehead atoms. The van der Waals surface area contributed by atoms with E-state index in [2.05, 4.69) is 15.2 Å². The minimum atomic E-state index is -0.0935. The molecule has 8 heteroatoms. The lowest BCUT2D eigenvalue weighted by atomic mass is 10.2. The first-order valence-corrected chi connectivity index (χ1v) is 8.17. The van der Waals surface area contributed by atoms with Gasteiger partial charge in [-0.3, -0.25) is 0 Å². The third-order valence-corrected chi connectivity index (χ3v) is 4.43. The van der Waals surface area contributed by atoms with E-state index in [9.17, 15) is 5.11 Å². The van der Waals surface area contributed by atoms with Crippen molar-refractivity contribution < 1.29 is 9.84 Å². The fraction of sp³-hybridized carbons (Fsp3) is 0.0625. The van der Waals surface area contributed by atoms with E-state index in [0.717, 1.165) is 26.4 Å². The lowest BCUT2D eigenvalue weighted by molar-refractivity contribution is 0.414. The molecule has 2 aromatic carbocycles. The standard InChI is InChI=1S/C16H14N4O2S2/c1-22-9-5-7-10(8-6-9)24-12-4-2-3-11-13(12)14(15(21)18-11)19-20-16(17)23/h2-8,18,21H,1H3,(H2,17,23). The van der Waals surface area contributed by atoms with Gasteiger partial charge >= 0.3 is 0 Å². The summed E-state index contributed by atoms with van der Waals surface area (Å²) in [7, 11) is 1.63. The van der Waals surface area contributed by atoms with Crippen molar-refractivity contribution in [2.75, 3.05) is 7.11 Å². The number of ether oxygens (including phenoxy) is 1. The predicted molar refractivity (Wildman–Crippen MR) is 98.4 cm³/mol. The summed E-state index contributed by atoms with van der Waals surface area (Å²) in [4.78, 5) is 4.83. The molecule has 3 aromatic rings. The van der Waals surface area contributed by atoms with Crippen molar-refractivity contribution >= 4 is 45.7 Å². The van der Waals surface area contributed by atoms with Crippen molar-refractivity contribution in [3.63, 3.8) is 0 Å². The molecule has 1 heterocycles. The van der Waals surface area contributed by atoms with Crippen LogP contribution in [0.2, 0.25) is 0 Å². The monoisotopic (exact) mass is 358 g/mol. The molecule has 0 fully saturated rings. The average molecular weight is 358 g/mol. The Hall–Kier alpha value is -2.58. The van der Waals surface area contributed by atoms with Gasteiger partial charge in [-0.25, -0.2) is 0 Å². The summed E-state index contributed by atoms with van der Waals surface area (Å²) in [6.07, 6.45) is 0. The van der Waals surface area contributed by atoms with Crippen LogP contribution in [0.5, 0.6) is 11.6 Å². The number of methoxy groups -OCH3 is 1. The maximum Gasteiger partial charge on any atom is 0.218 e. The third-order valence-electron chi connectivity index (χ3n) is 3.28. The van der Waals surface area contributed by atoms with Gasteiger partial charge in [-0.1, -0.05) is 17.8 Å². The minimum absolute atomic E-state index is 0.0761. The summed E-state index contributed by atoms with van der Waals surface area (Å²) < 4.78 is 5.17. The second kappa shape index (κ2) is 6.90. The zero-order valence-electron chi connectivity index (χ0n) is 12.7. The van der Waals surface area contributed by atoms with Gasteiger partial charge in [0.2, 0.25) is 11.0 Å². The quantitative estimate of drug-likeness (QED) is 0.476. The zero-order valence-corrected chi connectivity index (χ0v) is 14.3. The summed E-state index contributed by atoms with van der Waals surface area (Å²) in [5.74, 6) is 0.718. The zero-order chi connectivity index (χ0) is 17.1. The Kier molecular flexibility index (Phi) is 4.68. The molecule has 0 saturated carbocycles. The lowest BCUT2D eigenvalue weighted by Gasteiger charge is -2.05. The van der Waals surface area contributed by atoms with Crippen molar-refractivity contribution in [1.29, 1.82) is 0 Å². The number of rotatable bonds is 4. The molecule has 6 nitrogen and oxygen atoms in total. The molecule has 4 N–H and O–H groups in total. The van der Waals surface area contributed by atoms with Crippen LogP contribution in [0.4, 0.5) is 5.69 Å². The van der Waals surface area contributed by atoms with Gasteiger partial charge in [-0.15, -0.1) is 10.2 Å². The number of benzene rings is 2. The van der Waals surface area contributed by atoms with Crippen LogP contribution >= 0.6 is 24.0 Å². The van der Waals surface area contributed by atoms with Crippen LogP contribution in [0, 0.1) is 0 Å². The number of azo groups is 1. The summed E-state index contributed by atoms with van der Waals surface area (Å²) in [5.41, 5.74) is 6.42. The Morgan fingerprint density at radius 2 is 2.00 bits per heavy atom. The van der Waals surface area contributed by atoms with E-state index in [1.807, 2.05) is 42.5 Å². The minimum Gasteiger partial charge on any atom is -0.497 e. The number of H-pyrrole nitrogens is 1. The molecule has 0 radical (unpaired) electrons. The molecule has 0 aliphatic rings. The highest BCUT2D eigenvalue weighted by molar-refractivity contribution is 7.99. The van der Waals surface area contributed by atoms with Crippen molar-refractivity contribution in [3.8, 4) is 11.6 Å². The number of fused-ring (bicyclic) bond motifs is 1. The molecular weight excluding hydrogens is 344 g/mol. The summed E-state index contributed by atoms with van der Waals surface area (Å²) in [6.45, 7) is 0. The Morgan fingerprint density at radius 3 is 2.67 bits per heavy atom. The average Bonchev–Trinajstić information content (AvgIpc) is 2.90. The lowest BCUT2D eigenvalue weighted by Crippen LogP contribution is -2.01. The molecule has 0 unspecified atom stereocenters. The third kappa shape index (κ3) is 3.34. The van der Waals surface area contributed by atoms with Gasteiger partial charge < -0.3 is 20.6 Å². The maximum atomic E-state index is 10.1. The first-order valence-electron chi connectivity index (χ1n) is 6.95. The van der Waals surface area contributed by atoms with E-state index in [-0.39, 0.29) is 11.0 Å². The fourth-order valence-corrected chi connectivity index (χ4v) is 3.26. The molecule has 0 saturated heterocycles. The smallest absolute Gasteiger partial charge is 0.218 e. The number of hydrogen-bond donors (Lipinski definition) is 3. The van der Waals surface area contributed by atoms with Crippen LogP contribution in [0.25, 0.3) is 10.9 Å². The van der Waals surface area contributed by atoms with Gasteiger partial charge in [0.1, 0.15) is 5.75 Å². The van der Waals surface area contributed by atoms with Gasteiger partial charge in [-0.2, -0.15) is 0 Å². The van der Waals surface area contributed by atoms with Crippen molar-refractivity contribution in [2.45, 2.75) is 9.79 Å². The molecule has 3 rings (SSSR count). The van der Waals surface area contributed by atoms with Gasteiger partial charge in [0.25, 0.3) is 0 Å². The van der Waals surface area contributed by atoms with Crippen molar-refractivity contribution in [2.24, 2.45) is 16.0 Å². The number of hydrogen-bond acceptors (Lipinski definition) is 5. The fourth-order valence-electron chi connectivity index (χ4n) is 2.24. The van der Waals surface area contributed by atoms with Gasteiger partial charge in [0.05, 0.1) is 12.6 Å². The Balaban J connectivity index is 2.05. The van der Waals surface area contributed by atoms with Crippen LogP contribution in [-0.4, -0.2) is 22.3 Å². The molecule has 0 aliphatic carbocycles. The number of nitrogens with two attached hydrogens (primary N) is 1. The van der Waals surface area contributed by atoms with E-state index >= 15 is 0 Å². The summed E-state index contributed by atoms with van der Waals surface area (Å²) in [5, 5.41) is 18.4. The number of nitrogens with zero attached hydrogens (tertiary/aromatic N) is 2. The van der Waals surface area contributed by atoms with Gasteiger partial charge in [0, 0.05) is 15.2 Å². The van der Waals surface area contributed by atoms with Crippen LogP contribution in [0.15, 0.2) is 62.5 Å². The number of aromatic hydroxyl groups is 1. The molecule has 122 valence electrons. The van der Waals surface area contributed by atoms with Crippen molar-refractivity contribution in [3.05, 3.63) is 42.5 Å². The Morgan fingerprint density at radius 1 is 1.25 bits per heavy atom. The molecule has 1 aromatic heterocycles. The van der Waals surface area contributed by atoms with E-state index < -0.39 is 0 Å². The van der Waals surface area contributed by atoms with E-state index in [4.69, 9.17) is 22.7 Å². The number of aromatic amines is 1. The number of aromatic nitrogens is 1. The first kappa shape index (κ1) is 16.3. The number of nitrogens with one attached hydrogen (secondary N) is 1. The van der Waals surface area contributed by atoms with Gasteiger partial charge in [-0.05, 0) is 48.6 Å². The highest BCUT2D eigenvalue weighted by Crippen LogP contribution is 2.43. The summed E-state index contributed by atoms with van der Waals surface area (Å²) in [6, 6.07) is 13.4. The van der Waals surface area contributed by atoms with Crippen LogP contribution in [-0.2, 0) is 0 Å². The van der Waals surface area contributed by atoms with Crippen molar-refractivity contribution in [1.82, 2.24) is 4.98 Å². The Labute approximate surface area is 147 Å². The second-order valence-electron chi connectivity index (χ2n) is 4.82. The predicted octanol–water partition coefficient (Wildman–Crippen LogP) is 4.36. The highest BCUT2D eigenvalue weighted by atomic mass is 32.2. The second-order valence-corrected chi connectivity index (χ2v) is 6.35. The molecule has 0 aliphatic heterocycles. The topological polar surface area (TPSA) is 96.0 Å².